The number of pyridine rings is 1. The minimum absolute atomic E-state index is 0.0598. The molecule has 1 aliphatic heterocycles. The molecular formula is C25H21N3O3S. The van der Waals surface area contributed by atoms with Gasteiger partial charge in [0.2, 0.25) is 11.8 Å². The number of benzene rings is 2. The number of carbonyl (C=O) groups excluding carboxylic acids is 2. The van der Waals surface area contributed by atoms with E-state index in [0.717, 1.165) is 16.8 Å². The Balaban J connectivity index is 1.53. The van der Waals surface area contributed by atoms with Crippen LogP contribution in [0.15, 0.2) is 59.6 Å². The van der Waals surface area contributed by atoms with E-state index >= 15 is 0 Å². The molecule has 32 heavy (non-hydrogen) atoms. The summed E-state index contributed by atoms with van der Waals surface area (Å²) in [5.41, 5.74) is 3.57. The number of hydrogen-bond acceptors (Lipinski definition) is 6. The number of nitrogens with zero attached hydrogens (tertiary/aromatic N) is 3. The van der Waals surface area contributed by atoms with Gasteiger partial charge in [0.1, 0.15) is 22.6 Å². The third-order valence-corrected chi connectivity index (χ3v) is 6.68. The van der Waals surface area contributed by atoms with Crippen LogP contribution >= 0.6 is 11.8 Å². The Kier molecular flexibility index (Phi) is 5.97. The number of amides is 2. The van der Waals surface area contributed by atoms with E-state index in [2.05, 4.69) is 11.1 Å². The lowest BCUT2D eigenvalue weighted by Gasteiger charge is -2.16. The molecule has 6 nitrogen and oxygen atoms in total. The molecule has 160 valence electrons. The minimum Gasteiger partial charge on any atom is -0.457 e. The summed E-state index contributed by atoms with van der Waals surface area (Å²) >= 11 is 1.18. The van der Waals surface area contributed by atoms with Gasteiger partial charge in [0.25, 0.3) is 0 Å². The Morgan fingerprint density at radius 3 is 2.31 bits per heavy atom. The molecule has 0 bridgehead atoms. The van der Waals surface area contributed by atoms with Gasteiger partial charge < -0.3 is 4.74 Å². The summed E-state index contributed by atoms with van der Waals surface area (Å²) in [4.78, 5) is 31.5. The number of thioether (sulfide) groups is 1. The van der Waals surface area contributed by atoms with E-state index in [1.54, 1.807) is 24.3 Å². The molecule has 1 fully saturated rings. The van der Waals surface area contributed by atoms with Crippen molar-refractivity contribution in [3.63, 3.8) is 0 Å². The van der Waals surface area contributed by atoms with Gasteiger partial charge in [-0.3, -0.25) is 9.59 Å². The van der Waals surface area contributed by atoms with Crippen LogP contribution < -0.4 is 9.64 Å². The molecule has 3 aromatic rings. The van der Waals surface area contributed by atoms with E-state index in [1.165, 1.54) is 16.7 Å². The number of carbonyl (C=O) groups is 2. The van der Waals surface area contributed by atoms with Gasteiger partial charge in [-0.15, -0.1) is 0 Å². The Hall–Kier alpha value is -3.63. The zero-order chi connectivity index (χ0) is 22.8. The maximum atomic E-state index is 13.1. The number of nitriles is 1. The molecule has 0 aliphatic carbocycles. The number of imide groups is 1. The summed E-state index contributed by atoms with van der Waals surface area (Å²) in [5.74, 6) is 0.731. The average molecular weight is 444 g/mol. The number of ether oxygens (including phenoxy) is 1. The Bertz CT molecular complexity index is 1230. The topological polar surface area (TPSA) is 83.3 Å². The molecule has 0 radical (unpaired) electrons. The van der Waals surface area contributed by atoms with Crippen molar-refractivity contribution >= 4 is 29.3 Å². The van der Waals surface area contributed by atoms with Crippen molar-refractivity contribution in [3.8, 4) is 17.6 Å². The van der Waals surface area contributed by atoms with Crippen LogP contribution in [0.2, 0.25) is 0 Å². The first-order chi connectivity index (χ1) is 15.4. The van der Waals surface area contributed by atoms with Crippen LogP contribution in [-0.2, 0) is 9.59 Å². The maximum Gasteiger partial charge on any atom is 0.247 e. The standard InChI is InChI=1S/C25H21N3O3S/c1-15-16(2)21(14-26)24(27-17(15)3)32-22-13-23(29)28(25(22)30)18-9-11-20(12-10-18)31-19-7-5-4-6-8-19/h4-12,22H,13H2,1-3H3. The Morgan fingerprint density at radius 1 is 1.00 bits per heavy atom. The molecule has 2 amide bonds. The zero-order valence-electron chi connectivity index (χ0n) is 18.0. The summed E-state index contributed by atoms with van der Waals surface area (Å²) < 4.78 is 5.78. The highest BCUT2D eigenvalue weighted by Crippen LogP contribution is 2.36. The Morgan fingerprint density at radius 2 is 1.66 bits per heavy atom. The molecule has 1 atom stereocenters. The summed E-state index contributed by atoms with van der Waals surface area (Å²) in [6.07, 6.45) is 0.0598. The minimum atomic E-state index is -0.621. The monoisotopic (exact) mass is 443 g/mol. The van der Waals surface area contributed by atoms with Crippen LogP contribution in [0.4, 0.5) is 5.69 Å². The number of rotatable bonds is 5. The third-order valence-electron chi connectivity index (χ3n) is 5.51. The number of aromatic nitrogens is 1. The number of aryl methyl sites for hydroxylation is 1. The van der Waals surface area contributed by atoms with E-state index < -0.39 is 5.25 Å². The number of para-hydroxylation sites is 1. The molecule has 1 saturated heterocycles. The van der Waals surface area contributed by atoms with Gasteiger partial charge in [-0.2, -0.15) is 5.26 Å². The fraction of sp³-hybridized carbons (Fsp3) is 0.200. The largest absolute Gasteiger partial charge is 0.457 e. The zero-order valence-corrected chi connectivity index (χ0v) is 18.8. The molecule has 1 unspecified atom stereocenters. The van der Waals surface area contributed by atoms with Crippen molar-refractivity contribution in [1.29, 1.82) is 5.26 Å². The Labute approximate surface area is 190 Å². The highest BCUT2D eigenvalue weighted by atomic mass is 32.2. The highest BCUT2D eigenvalue weighted by molar-refractivity contribution is 8.00. The smallest absolute Gasteiger partial charge is 0.247 e. The summed E-state index contributed by atoms with van der Waals surface area (Å²) in [7, 11) is 0. The number of anilines is 1. The highest BCUT2D eigenvalue weighted by Gasteiger charge is 2.41. The van der Waals surface area contributed by atoms with Crippen LogP contribution in [0.5, 0.6) is 11.5 Å². The van der Waals surface area contributed by atoms with Crippen molar-refractivity contribution in [1.82, 2.24) is 4.98 Å². The van der Waals surface area contributed by atoms with Gasteiger partial charge >= 0.3 is 0 Å². The van der Waals surface area contributed by atoms with Gasteiger partial charge in [-0.05, 0) is 68.3 Å². The second-order valence-corrected chi connectivity index (χ2v) is 8.72. The normalized spacial score (nSPS) is 15.7. The van der Waals surface area contributed by atoms with Gasteiger partial charge in [-0.25, -0.2) is 9.88 Å². The predicted molar refractivity (Wildman–Crippen MR) is 123 cm³/mol. The van der Waals surface area contributed by atoms with Crippen molar-refractivity contribution in [2.24, 2.45) is 0 Å². The van der Waals surface area contributed by atoms with Gasteiger partial charge in [-0.1, -0.05) is 30.0 Å². The quantitative estimate of drug-likeness (QED) is 0.511. The van der Waals surface area contributed by atoms with Crippen LogP contribution in [0.1, 0.15) is 28.8 Å². The van der Waals surface area contributed by atoms with E-state index in [1.807, 2.05) is 51.1 Å². The second-order valence-electron chi connectivity index (χ2n) is 7.53. The molecule has 0 N–H and O–H groups in total. The lowest BCUT2D eigenvalue weighted by Crippen LogP contribution is -2.31. The van der Waals surface area contributed by atoms with Crippen molar-refractivity contribution < 1.29 is 14.3 Å². The van der Waals surface area contributed by atoms with Crippen molar-refractivity contribution in [2.75, 3.05) is 4.90 Å². The van der Waals surface area contributed by atoms with Crippen molar-refractivity contribution in [2.45, 2.75) is 37.5 Å². The molecular weight excluding hydrogens is 422 g/mol. The number of hydrogen-bond donors (Lipinski definition) is 0. The first kappa shape index (κ1) is 21.6. The summed E-state index contributed by atoms with van der Waals surface area (Å²) in [5, 5.41) is 9.46. The third kappa shape index (κ3) is 4.10. The van der Waals surface area contributed by atoms with E-state index in [4.69, 9.17) is 4.74 Å². The molecule has 1 aliphatic rings. The maximum absolute atomic E-state index is 13.1. The lowest BCUT2D eigenvalue weighted by atomic mass is 10.1. The SMILES string of the molecule is Cc1nc(SC2CC(=O)N(c3ccc(Oc4ccccc4)cc3)C2=O)c(C#N)c(C)c1C. The summed E-state index contributed by atoms with van der Waals surface area (Å²) in [6, 6.07) is 18.4. The fourth-order valence-electron chi connectivity index (χ4n) is 3.52. The molecule has 1 aromatic heterocycles. The van der Waals surface area contributed by atoms with Crippen LogP contribution in [0.25, 0.3) is 0 Å². The fourth-order valence-corrected chi connectivity index (χ4v) is 4.73. The molecule has 7 heteroatoms. The van der Waals surface area contributed by atoms with Crippen LogP contribution in [0, 0.1) is 32.1 Å². The van der Waals surface area contributed by atoms with Crippen molar-refractivity contribution in [3.05, 3.63) is 77.0 Å². The van der Waals surface area contributed by atoms with Gasteiger partial charge in [0.15, 0.2) is 0 Å². The first-order valence-corrected chi connectivity index (χ1v) is 11.0. The van der Waals surface area contributed by atoms with Crippen LogP contribution in [0.3, 0.4) is 0 Å². The van der Waals surface area contributed by atoms with E-state index in [-0.39, 0.29) is 18.2 Å². The van der Waals surface area contributed by atoms with Crippen LogP contribution in [-0.4, -0.2) is 22.0 Å². The molecule has 0 spiro atoms. The molecule has 2 heterocycles. The van der Waals surface area contributed by atoms with Gasteiger partial charge in [0.05, 0.1) is 16.5 Å². The first-order valence-electron chi connectivity index (χ1n) is 10.1. The molecule has 0 saturated carbocycles. The van der Waals surface area contributed by atoms with E-state index in [0.29, 0.717) is 27.8 Å². The average Bonchev–Trinajstić information content (AvgIpc) is 3.06. The van der Waals surface area contributed by atoms with Gasteiger partial charge in [0, 0.05) is 12.1 Å². The molecule has 2 aromatic carbocycles. The second kappa shape index (κ2) is 8.85. The predicted octanol–water partition coefficient (Wildman–Crippen LogP) is 5.10. The molecule has 4 rings (SSSR count). The summed E-state index contributed by atoms with van der Waals surface area (Å²) in [6.45, 7) is 5.67. The lowest BCUT2D eigenvalue weighted by molar-refractivity contribution is -0.121. The van der Waals surface area contributed by atoms with E-state index in [9.17, 15) is 14.9 Å².